The van der Waals surface area contributed by atoms with E-state index in [1.54, 1.807) is 0 Å². The molecule has 58 valence electrons. The van der Waals surface area contributed by atoms with Crippen molar-refractivity contribution >= 4 is 22.1 Å². The number of fused-ring (bicyclic) bond motifs is 3. The molecule has 0 unspecified atom stereocenters. The van der Waals surface area contributed by atoms with Gasteiger partial charge in [-0.15, -0.1) is 5.10 Å². The fourth-order valence-electron chi connectivity index (χ4n) is 1.43. The first kappa shape index (κ1) is 5.77. The largest absolute Gasteiger partial charge is 0.336 e. The SMILES string of the molecule is c1ccc2c(c1)[nH]c1n[nH]nc12. The summed E-state index contributed by atoms with van der Waals surface area (Å²) in [5, 5.41) is 11.7. The maximum absolute atomic E-state index is 4.04. The number of rotatable bonds is 0. The molecule has 0 radical (unpaired) electrons. The highest BCUT2D eigenvalue weighted by Gasteiger charge is 2.05. The van der Waals surface area contributed by atoms with Crippen LogP contribution in [0.25, 0.3) is 22.1 Å². The average molecular weight is 158 g/mol. The highest BCUT2D eigenvalue weighted by Crippen LogP contribution is 2.20. The molecule has 0 aliphatic heterocycles. The summed E-state index contributed by atoms with van der Waals surface area (Å²) in [6.45, 7) is 0. The number of H-pyrrole nitrogens is 2. The second-order valence-electron chi connectivity index (χ2n) is 2.69. The van der Waals surface area contributed by atoms with Gasteiger partial charge >= 0.3 is 0 Å². The lowest BCUT2D eigenvalue weighted by atomic mass is 10.2. The molecule has 12 heavy (non-hydrogen) atoms. The molecule has 3 rings (SSSR count). The van der Waals surface area contributed by atoms with Crippen molar-refractivity contribution in [3.05, 3.63) is 24.3 Å². The number of benzene rings is 1. The fraction of sp³-hybridized carbons (Fsp3) is 0. The third-order valence-corrected chi connectivity index (χ3v) is 1.98. The van der Waals surface area contributed by atoms with Crippen LogP contribution in [0.15, 0.2) is 24.3 Å². The highest BCUT2D eigenvalue weighted by atomic mass is 15.3. The summed E-state index contributed by atoms with van der Waals surface area (Å²) in [7, 11) is 0. The van der Waals surface area contributed by atoms with Gasteiger partial charge in [-0.25, -0.2) is 0 Å². The van der Waals surface area contributed by atoms with Gasteiger partial charge in [0.2, 0.25) is 0 Å². The molecule has 4 nitrogen and oxygen atoms in total. The second kappa shape index (κ2) is 1.85. The van der Waals surface area contributed by atoms with E-state index in [0.29, 0.717) is 0 Å². The molecule has 4 heteroatoms. The first-order valence-electron chi connectivity index (χ1n) is 3.72. The lowest BCUT2D eigenvalue weighted by Crippen LogP contribution is -1.71. The molecule has 0 atom stereocenters. The van der Waals surface area contributed by atoms with Crippen molar-refractivity contribution in [1.29, 1.82) is 0 Å². The van der Waals surface area contributed by atoms with Crippen molar-refractivity contribution in [3.63, 3.8) is 0 Å². The molecule has 2 heterocycles. The summed E-state index contributed by atoms with van der Waals surface area (Å²) in [5.41, 5.74) is 2.80. The standard InChI is InChI=1S/C8H6N4/c1-2-4-6-5(3-1)7-8(9-6)11-12-10-7/h1-4H,(H2,9,10,11,12). The minimum absolute atomic E-state index is 0.816. The van der Waals surface area contributed by atoms with Crippen molar-refractivity contribution in [3.8, 4) is 0 Å². The van der Waals surface area contributed by atoms with Crippen LogP contribution in [0.3, 0.4) is 0 Å². The Hall–Kier alpha value is -1.84. The topological polar surface area (TPSA) is 57.4 Å². The van der Waals surface area contributed by atoms with Gasteiger partial charge in [-0.05, 0) is 6.07 Å². The minimum Gasteiger partial charge on any atom is -0.336 e. The molecule has 0 saturated carbocycles. The molecule has 0 saturated heterocycles. The zero-order valence-corrected chi connectivity index (χ0v) is 6.20. The maximum atomic E-state index is 4.04. The molecule has 0 aliphatic rings. The first-order chi connectivity index (χ1) is 5.95. The van der Waals surface area contributed by atoms with Crippen LogP contribution in [0.4, 0.5) is 0 Å². The third-order valence-electron chi connectivity index (χ3n) is 1.98. The van der Waals surface area contributed by atoms with E-state index in [1.807, 2.05) is 24.3 Å². The Labute approximate surface area is 67.6 Å². The predicted octanol–water partition coefficient (Wildman–Crippen LogP) is 1.44. The molecule has 0 aliphatic carbocycles. The molecule has 0 spiro atoms. The Morgan fingerprint density at radius 1 is 1.08 bits per heavy atom. The van der Waals surface area contributed by atoms with Gasteiger partial charge in [0.05, 0.1) is 0 Å². The van der Waals surface area contributed by atoms with Crippen LogP contribution < -0.4 is 0 Å². The van der Waals surface area contributed by atoms with Crippen LogP contribution in [-0.2, 0) is 0 Å². The van der Waals surface area contributed by atoms with Crippen LogP contribution in [0, 0.1) is 0 Å². The van der Waals surface area contributed by atoms with Crippen molar-refractivity contribution in [2.75, 3.05) is 0 Å². The highest BCUT2D eigenvalue weighted by molar-refractivity contribution is 6.02. The lowest BCUT2D eigenvalue weighted by Gasteiger charge is -1.84. The predicted molar refractivity (Wildman–Crippen MR) is 45.7 cm³/mol. The van der Waals surface area contributed by atoms with Crippen molar-refractivity contribution < 1.29 is 0 Å². The lowest BCUT2D eigenvalue weighted by molar-refractivity contribution is 0.954. The molecule has 2 aromatic heterocycles. The van der Waals surface area contributed by atoms with E-state index in [4.69, 9.17) is 0 Å². The number of para-hydroxylation sites is 1. The third kappa shape index (κ3) is 0.567. The van der Waals surface area contributed by atoms with Gasteiger partial charge in [-0.1, -0.05) is 18.2 Å². The van der Waals surface area contributed by atoms with Crippen LogP contribution in [0.5, 0.6) is 0 Å². The van der Waals surface area contributed by atoms with E-state index in [1.165, 1.54) is 0 Å². The maximum Gasteiger partial charge on any atom is 0.180 e. The van der Waals surface area contributed by atoms with E-state index in [-0.39, 0.29) is 0 Å². The summed E-state index contributed by atoms with van der Waals surface area (Å²) in [4.78, 5) is 3.15. The van der Waals surface area contributed by atoms with E-state index in [9.17, 15) is 0 Å². The number of aromatic amines is 2. The van der Waals surface area contributed by atoms with Crippen LogP contribution in [0.1, 0.15) is 0 Å². The molecule has 1 aromatic carbocycles. The molecule has 0 bridgehead atoms. The van der Waals surface area contributed by atoms with Crippen LogP contribution in [-0.4, -0.2) is 20.4 Å². The fourth-order valence-corrected chi connectivity index (χ4v) is 1.43. The van der Waals surface area contributed by atoms with Crippen molar-refractivity contribution in [2.24, 2.45) is 0 Å². The number of hydrogen-bond acceptors (Lipinski definition) is 2. The van der Waals surface area contributed by atoms with E-state index < -0.39 is 0 Å². The summed E-state index contributed by atoms with van der Waals surface area (Å²) in [5.74, 6) is 0. The first-order valence-corrected chi connectivity index (χ1v) is 3.72. The van der Waals surface area contributed by atoms with Gasteiger partial charge in [-0.2, -0.15) is 10.3 Å². The Bertz CT molecular complexity index is 533. The number of aromatic nitrogens is 4. The number of nitrogens with zero attached hydrogens (tertiary/aromatic N) is 2. The normalized spacial score (nSPS) is 11.3. The van der Waals surface area contributed by atoms with Gasteiger partial charge in [0.25, 0.3) is 0 Å². The quantitative estimate of drug-likeness (QED) is 0.520. The monoisotopic (exact) mass is 158 g/mol. The summed E-state index contributed by atoms with van der Waals surface area (Å²) >= 11 is 0. The molecular formula is C8H6N4. The summed E-state index contributed by atoms with van der Waals surface area (Å²) < 4.78 is 0. The molecule has 0 amide bonds. The smallest absolute Gasteiger partial charge is 0.180 e. The molecule has 3 aromatic rings. The Kier molecular flexibility index (Phi) is 0.889. The van der Waals surface area contributed by atoms with E-state index in [2.05, 4.69) is 20.4 Å². The van der Waals surface area contributed by atoms with Crippen molar-refractivity contribution in [2.45, 2.75) is 0 Å². The molecule has 2 N–H and O–H groups in total. The second-order valence-corrected chi connectivity index (χ2v) is 2.69. The van der Waals surface area contributed by atoms with Crippen LogP contribution >= 0.6 is 0 Å². The van der Waals surface area contributed by atoms with Crippen LogP contribution in [0.2, 0.25) is 0 Å². The van der Waals surface area contributed by atoms with Gasteiger partial charge in [0.15, 0.2) is 5.65 Å². The average Bonchev–Trinajstić information content (AvgIpc) is 2.62. The summed E-state index contributed by atoms with van der Waals surface area (Å²) in [6.07, 6.45) is 0. The minimum atomic E-state index is 0.816. The van der Waals surface area contributed by atoms with Gasteiger partial charge in [0.1, 0.15) is 5.52 Å². The number of nitrogens with one attached hydrogen (secondary N) is 2. The van der Waals surface area contributed by atoms with Gasteiger partial charge in [0, 0.05) is 10.9 Å². The molecule has 0 fully saturated rings. The zero-order valence-electron chi connectivity index (χ0n) is 6.20. The Morgan fingerprint density at radius 3 is 3.00 bits per heavy atom. The molecular weight excluding hydrogens is 152 g/mol. The number of hydrogen-bond donors (Lipinski definition) is 2. The Morgan fingerprint density at radius 2 is 2.00 bits per heavy atom. The van der Waals surface area contributed by atoms with Gasteiger partial charge in [-0.3, -0.25) is 0 Å². The van der Waals surface area contributed by atoms with E-state index in [0.717, 1.165) is 22.1 Å². The summed E-state index contributed by atoms with van der Waals surface area (Å²) in [6, 6.07) is 8.01. The van der Waals surface area contributed by atoms with Gasteiger partial charge < -0.3 is 4.98 Å². The Balaban J connectivity index is 2.68. The van der Waals surface area contributed by atoms with Crippen molar-refractivity contribution in [1.82, 2.24) is 20.4 Å². The van der Waals surface area contributed by atoms with E-state index >= 15 is 0 Å². The zero-order chi connectivity index (χ0) is 7.97.